The molecule has 0 bridgehead atoms. The zero-order valence-electron chi connectivity index (χ0n) is 13.0. The third-order valence-corrected chi connectivity index (χ3v) is 3.81. The fourth-order valence-corrected chi connectivity index (χ4v) is 2.77. The van der Waals surface area contributed by atoms with Crippen LogP contribution >= 0.6 is 0 Å². The number of carbonyl (C=O) groups excluding carboxylic acids is 1. The SMILES string of the molecule is COc1ccccc1C=C1Oc2cc(OS(C)(=O)=O)ccc2C1=O. The van der Waals surface area contributed by atoms with E-state index in [9.17, 15) is 13.2 Å². The minimum Gasteiger partial charge on any atom is -0.496 e. The molecule has 0 fully saturated rings. The molecule has 0 atom stereocenters. The summed E-state index contributed by atoms with van der Waals surface area (Å²) in [6, 6.07) is 11.5. The van der Waals surface area contributed by atoms with Gasteiger partial charge in [0.05, 0.1) is 18.9 Å². The Morgan fingerprint density at radius 3 is 2.58 bits per heavy atom. The van der Waals surface area contributed by atoms with Gasteiger partial charge in [0, 0.05) is 11.6 Å². The van der Waals surface area contributed by atoms with E-state index >= 15 is 0 Å². The van der Waals surface area contributed by atoms with Gasteiger partial charge in [-0.3, -0.25) is 4.79 Å². The summed E-state index contributed by atoms with van der Waals surface area (Å²) >= 11 is 0. The average molecular weight is 346 g/mol. The molecule has 0 spiro atoms. The maximum Gasteiger partial charge on any atom is 0.306 e. The number of ether oxygens (including phenoxy) is 2. The van der Waals surface area contributed by atoms with E-state index in [2.05, 4.69) is 0 Å². The molecule has 2 aromatic carbocycles. The lowest BCUT2D eigenvalue weighted by Gasteiger charge is -2.05. The van der Waals surface area contributed by atoms with Gasteiger partial charge in [-0.25, -0.2) is 0 Å². The summed E-state index contributed by atoms with van der Waals surface area (Å²) in [4.78, 5) is 12.4. The quantitative estimate of drug-likeness (QED) is 0.625. The number of Topliss-reactive ketones (excluding diaryl/α,β-unsaturated/α-hetero) is 1. The van der Waals surface area contributed by atoms with Crippen molar-refractivity contribution in [2.75, 3.05) is 13.4 Å². The summed E-state index contributed by atoms with van der Waals surface area (Å²) in [5.74, 6) is 0.788. The van der Waals surface area contributed by atoms with Crippen LogP contribution in [0.5, 0.6) is 17.2 Å². The number of allylic oxidation sites excluding steroid dienone is 1. The van der Waals surface area contributed by atoms with Crippen molar-refractivity contribution in [2.24, 2.45) is 0 Å². The van der Waals surface area contributed by atoms with E-state index in [1.54, 1.807) is 18.2 Å². The number of para-hydroxylation sites is 1. The van der Waals surface area contributed by atoms with Gasteiger partial charge in [-0.2, -0.15) is 8.42 Å². The first-order valence-corrected chi connectivity index (χ1v) is 8.80. The minimum atomic E-state index is -3.65. The molecular weight excluding hydrogens is 332 g/mol. The highest BCUT2D eigenvalue weighted by atomic mass is 32.2. The Morgan fingerprint density at radius 1 is 1.12 bits per heavy atom. The molecule has 24 heavy (non-hydrogen) atoms. The van der Waals surface area contributed by atoms with Gasteiger partial charge in [0.1, 0.15) is 17.2 Å². The lowest BCUT2D eigenvalue weighted by atomic mass is 10.1. The molecule has 0 radical (unpaired) electrons. The number of carbonyl (C=O) groups is 1. The van der Waals surface area contributed by atoms with Gasteiger partial charge in [0.15, 0.2) is 5.76 Å². The zero-order valence-corrected chi connectivity index (χ0v) is 13.8. The lowest BCUT2D eigenvalue weighted by Crippen LogP contribution is -2.05. The Balaban J connectivity index is 1.94. The number of hydrogen-bond donors (Lipinski definition) is 0. The molecule has 0 aromatic heterocycles. The van der Waals surface area contributed by atoms with Crippen LogP contribution in [0.3, 0.4) is 0 Å². The van der Waals surface area contributed by atoms with Gasteiger partial charge in [0.25, 0.3) is 0 Å². The molecule has 2 aromatic rings. The predicted octanol–water partition coefficient (Wildman–Crippen LogP) is 2.65. The van der Waals surface area contributed by atoms with Crippen LogP contribution < -0.4 is 13.7 Å². The van der Waals surface area contributed by atoms with Crippen molar-refractivity contribution in [3.05, 3.63) is 59.4 Å². The van der Waals surface area contributed by atoms with Gasteiger partial charge < -0.3 is 13.7 Å². The summed E-state index contributed by atoms with van der Waals surface area (Å²) in [6.45, 7) is 0. The highest BCUT2D eigenvalue weighted by molar-refractivity contribution is 7.86. The lowest BCUT2D eigenvalue weighted by molar-refractivity contribution is 0.101. The maximum absolute atomic E-state index is 12.4. The van der Waals surface area contributed by atoms with Crippen LogP contribution in [0.1, 0.15) is 15.9 Å². The molecular formula is C17H14O6S. The fourth-order valence-electron chi connectivity index (χ4n) is 2.32. The Hall–Kier alpha value is -2.80. The van der Waals surface area contributed by atoms with Crippen molar-refractivity contribution in [3.63, 3.8) is 0 Å². The summed E-state index contributed by atoms with van der Waals surface area (Å²) in [6.07, 6.45) is 2.53. The first-order chi connectivity index (χ1) is 11.4. The summed E-state index contributed by atoms with van der Waals surface area (Å²) in [5.41, 5.74) is 1.04. The van der Waals surface area contributed by atoms with Crippen LogP contribution in [0.4, 0.5) is 0 Å². The highest BCUT2D eigenvalue weighted by Crippen LogP contribution is 2.35. The first kappa shape index (κ1) is 16.1. The summed E-state index contributed by atoms with van der Waals surface area (Å²) in [7, 11) is -2.11. The second kappa shape index (κ2) is 6.01. The van der Waals surface area contributed by atoms with Gasteiger partial charge in [-0.1, -0.05) is 18.2 Å². The van der Waals surface area contributed by atoms with Crippen molar-refractivity contribution in [3.8, 4) is 17.2 Å². The van der Waals surface area contributed by atoms with Gasteiger partial charge in [-0.15, -0.1) is 0 Å². The molecule has 1 aliphatic rings. The van der Waals surface area contributed by atoms with E-state index in [-0.39, 0.29) is 23.0 Å². The largest absolute Gasteiger partial charge is 0.496 e. The fraction of sp³-hybridized carbons (Fsp3) is 0.118. The van der Waals surface area contributed by atoms with Crippen LogP contribution in [-0.4, -0.2) is 27.6 Å². The van der Waals surface area contributed by atoms with Crippen LogP contribution in [-0.2, 0) is 10.1 Å². The first-order valence-electron chi connectivity index (χ1n) is 6.98. The molecule has 7 heteroatoms. The number of fused-ring (bicyclic) bond motifs is 1. The van der Waals surface area contributed by atoms with Crippen LogP contribution in [0.2, 0.25) is 0 Å². The van der Waals surface area contributed by atoms with E-state index in [0.29, 0.717) is 16.9 Å². The average Bonchev–Trinajstić information content (AvgIpc) is 2.82. The van der Waals surface area contributed by atoms with Crippen molar-refractivity contribution in [2.45, 2.75) is 0 Å². The second-order valence-electron chi connectivity index (χ2n) is 5.13. The molecule has 1 aliphatic heterocycles. The van der Waals surface area contributed by atoms with E-state index in [1.165, 1.54) is 25.3 Å². The summed E-state index contributed by atoms with van der Waals surface area (Å²) < 4.78 is 38.0. The molecule has 0 N–H and O–H groups in total. The molecule has 1 heterocycles. The second-order valence-corrected chi connectivity index (χ2v) is 6.70. The minimum absolute atomic E-state index is 0.0857. The number of methoxy groups -OCH3 is 1. The molecule has 124 valence electrons. The molecule has 6 nitrogen and oxygen atoms in total. The van der Waals surface area contributed by atoms with Gasteiger partial charge >= 0.3 is 10.1 Å². The van der Waals surface area contributed by atoms with Crippen molar-refractivity contribution in [1.29, 1.82) is 0 Å². The highest BCUT2D eigenvalue weighted by Gasteiger charge is 2.28. The van der Waals surface area contributed by atoms with E-state index in [0.717, 1.165) is 6.26 Å². The number of hydrogen-bond acceptors (Lipinski definition) is 6. The van der Waals surface area contributed by atoms with E-state index in [1.807, 2.05) is 12.1 Å². The van der Waals surface area contributed by atoms with Crippen LogP contribution in [0, 0.1) is 0 Å². The maximum atomic E-state index is 12.4. The van der Waals surface area contributed by atoms with E-state index < -0.39 is 10.1 Å². The van der Waals surface area contributed by atoms with Crippen molar-refractivity contribution in [1.82, 2.24) is 0 Å². The number of ketones is 1. The number of benzene rings is 2. The Morgan fingerprint density at radius 2 is 1.88 bits per heavy atom. The Labute approximate surface area is 139 Å². The van der Waals surface area contributed by atoms with Crippen molar-refractivity contribution < 1.29 is 26.9 Å². The molecule has 0 unspecified atom stereocenters. The molecule has 3 rings (SSSR count). The van der Waals surface area contributed by atoms with Crippen molar-refractivity contribution >= 4 is 22.0 Å². The predicted molar refractivity (Wildman–Crippen MR) is 87.8 cm³/mol. The Bertz CT molecular complexity index is 943. The standard InChI is InChI=1S/C17H14O6S/c1-21-14-6-4-3-5-11(14)9-16-17(18)13-8-7-12(10-15(13)22-16)23-24(2,19)20/h3-10H,1-2H3. The third kappa shape index (κ3) is 3.26. The molecule has 0 aliphatic carbocycles. The number of rotatable bonds is 4. The molecule has 0 saturated heterocycles. The van der Waals surface area contributed by atoms with Crippen LogP contribution in [0.25, 0.3) is 6.08 Å². The van der Waals surface area contributed by atoms with Crippen LogP contribution in [0.15, 0.2) is 48.2 Å². The molecule has 0 amide bonds. The summed E-state index contributed by atoms with van der Waals surface area (Å²) in [5, 5.41) is 0. The normalized spacial score (nSPS) is 15.1. The van der Waals surface area contributed by atoms with E-state index in [4.69, 9.17) is 13.7 Å². The Kier molecular flexibility index (Phi) is 4.02. The topological polar surface area (TPSA) is 78.9 Å². The molecule has 0 saturated carbocycles. The monoisotopic (exact) mass is 346 g/mol. The van der Waals surface area contributed by atoms with Gasteiger partial charge in [-0.05, 0) is 24.3 Å². The van der Waals surface area contributed by atoms with Gasteiger partial charge in [0.2, 0.25) is 5.78 Å². The third-order valence-electron chi connectivity index (χ3n) is 3.31. The smallest absolute Gasteiger partial charge is 0.306 e. The zero-order chi connectivity index (χ0) is 17.3.